The van der Waals surface area contributed by atoms with Crippen LogP contribution < -0.4 is 15.8 Å². The third-order valence-electron chi connectivity index (χ3n) is 4.90. The Morgan fingerprint density at radius 3 is 2.81 bits per heavy atom. The lowest BCUT2D eigenvalue weighted by molar-refractivity contribution is -0.118. The van der Waals surface area contributed by atoms with E-state index in [1.54, 1.807) is 25.6 Å². The lowest BCUT2D eigenvalue weighted by Gasteiger charge is -2.14. The van der Waals surface area contributed by atoms with E-state index in [0.717, 1.165) is 16.7 Å². The minimum absolute atomic E-state index is 0.0517. The van der Waals surface area contributed by atoms with Gasteiger partial charge < -0.3 is 15.8 Å². The topological polar surface area (TPSA) is 93.0 Å². The van der Waals surface area contributed by atoms with Crippen molar-refractivity contribution < 1.29 is 9.53 Å². The summed E-state index contributed by atoms with van der Waals surface area (Å²) in [4.78, 5) is 12.7. The molecule has 1 amide bonds. The molecule has 4 rings (SSSR count). The van der Waals surface area contributed by atoms with Crippen LogP contribution in [0.3, 0.4) is 0 Å². The van der Waals surface area contributed by atoms with E-state index in [2.05, 4.69) is 15.5 Å². The van der Waals surface area contributed by atoms with Gasteiger partial charge in [0.25, 0.3) is 0 Å². The van der Waals surface area contributed by atoms with Gasteiger partial charge in [0.2, 0.25) is 5.91 Å². The van der Waals surface area contributed by atoms with E-state index in [4.69, 9.17) is 10.5 Å². The number of nitrogens with one attached hydrogen (secondary N) is 2. The average Bonchev–Trinajstić information content (AvgIpc) is 3.10. The molecule has 26 heavy (non-hydrogen) atoms. The zero-order valence-electron chi connectivity index (χ0n) is 14.4. The van der Waals surface area contributed by atoms with Gasteiger partial charge >= 0.3 is 0 Å². The normalized spacial score (nSPS) is 21.2. The molecule has 2 unspecified atom stereocenters. The minimum Gasteiger partial charge on any atom is -0.496 e. The Morgan fingerprint density at radius 2 is 2.12 bits per heavy atom. The van der Waals surface area contributed by atoms with E-state index in [0.29, 0.717) is 17.9 Å². The number of ether oxygens (including phenoxy) is 1. The first-order chi connectivity index (χ1) is 12.6. The Labute approximate surface area is 151 Å². The summed E-state index contributed by atoms with van der Waals surface area (Å²) < 4.78 is 5.46. The quantitative estimate of drug-likeness (QED) is 0.661. The van der Waals surface area contributed by atoms with E-state index >= 15 is 0 Å². The van der Waals surface area contributed by atoms with E-state index in [1.165, 1.54) is 0 Å². The van der Waals surface area contributed by atoms with Crippen molar-refractivity contribution in [2.75, 3.05) is 12.4 Å². The molecule has 1 aromatic heterocycles. The summed E-state index contributed by atoms with van der Waals surface area (Å²) in [5.74, 6) is 0.533. The Morgan fingerprint density at radius 1 is 1.31 bits per heavy atom. The van der Waals surface area contributed by atoms with Crippen LogP contribution in [0, 0.1) is 0 Å². The highest BCUT2D eigenvalue weighted by molar-refractivity contribution is 6.02. The molecule has 2 atom stereocenters. The summed E-state index contributed by atoms with van der Waals surface area (Å²) in [6.45, 7) is 0. The number of nitrogens with zero attached hydrogens (tertiary/aromatic N) is 1. The number of hydrogen-bond donors (Lipinski definition) is 3. The van der Waals surface area contributed by atoms with Crippen molar-refractivity contribution in [1.82, 2.24) is 10.2 Å². The Balaban J connectivity index is 1.52. The molecule has 1 saturated carbocycles. The summed E-state index contributed by atoms with van der Waals surface area (Å²) in [6, 6.07) is 15.4. The fraction of sp³-hybridized carbons (Fsp3) is 0.200. The number of anilines is 1. The summed E-state index contributed by atoms with van der Waals surface area (Å²) >= 11 is 0. The number of benzene rings is 2. The maximum Gasteiger partial charge on any atom is 0.245 e. The summed E-state index contributed by atoms with van der Waals surface area (Å²) in [6.07, 6.45) is 4.16. The van der Waals surface area contributed by atoms with Crippen LogP contribution in [0.1, 0.15) is 17.9 Å². The van der Waals surface area contributed by atoms with Crippen LogP contribution in [0.25, 0.3) is 11.1 Å². The number of nitrogens with two attached hydrogens (primary N) is 1. The monoisotopic (exact) mass is 348 g/mol. The van der Waals surface area contributed by atoms with Gasteiger partial charge in [-0.3, -0.25) is 9.89 Å². The van der Waals surface area contributed by atoms with Gasteiger partial charge in [0.1, 0.15) is 11.3 Å². The SMILES string of the molecule is COc1cc(NC(=O)C2(N)CC2c2ccccc2)ccc1-c1cn[nH]c1. The van der Waals surface area contributed by atoms with Gasteiger partial charge in [-0.2, -0.15) is 5.10 Å². The van der Waals surface area contributed by atoms with Crippen LogP contribution in [0.4, 0.5) is 5.69 Å². The largest absolute Gasteiger partial charge is 0.496 e. The van der Waals surface area contributed by atoms with Gasteiger partial charge in [-0.05, 0) is 24.1 Å². The van der Waals surface area contributed by atoms with Crippen molar-refractivity contribution in [2.24, 2.45) is 5.73 Å². The number of aromatic amines is 1. The first kappa shape index (κ1) is 16.4. The summed E-state index contributed by atoms with van der Waals surface area (Å²) in [5, 5.41) is 9.66. The lowest BCUT2D eigenvalue weighted by atomic mass is 10.1. The van der Waals surface area contributed by atoms with Crippen LogP contribution in [0.2, 0.25) is 0 Å². The van der Waals surface area contributed by atoms with Crippen LogP contribution in [0.5, 0.6) is 5.75 Å². The highest BCUT2D eigenvalue weighted by atomic mass is 16.5. The molecule has 3 aromatic rings. The molecule has 0 radical (unpaired) electrons. The van der Waals surface area contributed by atoms with Gasteiger partial charge in [-0.15, -0.1) is 0 Å². The van der Waals surface area contributed by atoms with E-state index in [-0.39, 0.29) is 11.8 Å². The van der Waals surface area contributed by atoms with Crippen molar-refractivity contribution >= 4 is 11.6 Å². The predicted molar refractivity (Wildman–Crippen MR) is 99.9 cm³/mol. The van der Waals surface area contributed by atoms with Crippen molar-refractivity contribution in [3.63, 3.8) is 0 Å². The predicted octanol–water partition coefficient (Wildman–Crippen LogP) is 2.91. The van der Waals surface area contributed by atoms with E-state index in [1.807, 2.05) is 42.5 Å². The molecule has 1 heterocycles. The number of aromatic nitrogens is 2. The first-order valence-corrected chi connectivity index (χ1v) is 8.44. The number of rotatable bonds is 5. The highest BCUT2D eigenvalue weighted by Crippen LogP contribution is 2.50. The number of hydrogen-bond acceptors (Lipinski definition) is 4. The fourth-order valence-electron chi connectivity index (χ4n) is 3.28. The van der Waals surface area contributed by atoms with Crippen molar-refractivity contribution in [2.45, 2.75) is 17.9 Å². The summed E-state index contributed by atoms with van der Waals surface area (Å²) in [7, 11) is 1.60. The molecule has 6 nitrogen and oxygen atoms in total. The molecule has 1 aliphatic carbocycles. The van der Waals surface area contributed by atoms with Crippen molar-refractivity contribution in [3.05, 3.63) is 66.5 Å². The Hall–Kier alpha value is -3.12. The van der Waals surface area contributed by atoms with Gasteiger partial charge in [0.05, 0.1) is 13.3 Å². The lowest BCUT2D eigenvalue weighted by Crippen LogP contribution is -2.39. The van der Waals surface area contributed by atoms with E-state index < -0.39 is 5.54 Å². The number of carbonyl (C=O) groups is 1. The van der Waals surface area contributed by atoms with Crippen LogP contribution in [-0.4, -0.2) is 28.8 Å². The second kappa shape index (κ2) is 6.31. The van der Waals surface area contributed by atoms with Crippen LogP contribution in [-0.2, 0) is 4.79 Å². The minimum atomic E-state index is -0.863. The fourth-order valence-corrected chi connectivity index (χ4v) is 3.28. The molecule has 0 saturated heterocycles. The first-order valence-electron chi connectivity index (χ1n) is 8.44. The van der Waals surface area contributed by atoms with Crippen molar-refractivity contribution in [3.8, 4) is 16.9 Å². The van der Waals surface area contributed by atoms with Crippen LogP contribution >= 0.6 is 0 Å². The third-order valence-corrected chi connectivity index (χ3v) is 4.90. The Bertz CT molecular complexity index is 924. The van der Waals surface area contributed by atoms with Gasteiger partial charge in [0.15, 0.2) is 0 Å². The average molecular weight is 348 g/mol. The third kappa shape index (κ3) is 2.84. The molecular formula is C20H20N4O2. The number of H-pyrrole nitrogens is 1. The molecule has 4 N–H and O–H groups in total. The smallest absolute Gasteiger partial charge is 0.245 e. The number of amides is 1. The molecular weight excluding hydrogens is 328 g/mol. The van der Waals surface area contributed by atoms with E-state index in [9.17, 15) is 4.79 Å². The standard InChI is InChI=1S/C20H20N4O2/c1-26-18-9-15(7-8-16(18)14-11-22-23-12-14)24-19(25)20(21)10-17(20)13-5-3-2-4-6-13/h2-9,11-12,17H,10,21H2,1H3,(H,22,23)(H,24,25). The van der Waals surface area contributed by atoms with Crippen molar-refractivity contribution in [1.29, 1.82) is 0 Å². The molecule has 1 fully saturated rings. The maximum atomic E-state index is 12.7. The molecule has 2 aromatic carbocycles. The molecule has 0 spiro atoms. The second-order valence-corrected chi connectivity index (χ2v) is 6.56. The van der Waals surface area contributed by atoms with Gasteiger partial charge in [-0.25, -0.2) is 0 Å². The number of carbonyl (C=O) groups excluding carboxylic acids is 1. The number of methoxy groups -OCH3 is 1. The molecule has 1 aliphatic rings. The second-order valence-electron chi connectivity index (χ2n) is 6.56. The summed E-state index contributed by atoms with van der Waals surface area (Å²) in [5.41, 5.74) is 9.04. The zero-order chi connectivity index (χ0) is 18.1. The zero-order valence-corrected chi connectivity index (χ0v) is 14.4. The van der Waals surface area contributed by atoms with Gasteiger partial charge in [-0.1, -0.05) is 30.3 Å². The molecule has 0 bridgehead atoms. The van der Waals surface area contributed by atoms with Gasteiger partial charge in [0, 0.05) is 35.0 Å². The highest BCUT2D eigenvalue weighted by Gasteiger charge is 2.57. The maximum absolute atomic E-state index is 12.7. The molecule has 0 aliphatic heterocycles. The molecule has 6 heteroatoms. The molecule has 132 valence electrons. The van der Waals surface area contributed by atoms with Crippen LogP contribution in [0.15, 0.2) is 60.9 Å². The Kier molecular flexibility index (Phi) is 3.97.